The number of nitrogens with one attached hydrogen (secondary N) is 1. The van der Waals surface area contributed by atoms with Gasteiger partial charge in [0, 0.05) is 29.3 Å². The minimum absolute atomic E-state index is 0.0149. The Kier molecular flexibility index (Phi) is 6.69. The maximum atomic E-state index is 12.9. The molecule has 1 atom stereocenters. The van der Waals surface area contributed by atoms with E-state index in [4.69, 9.17) is 4.74 Å². The number of aliphatic carboxylic acids is 1. The maximum absolute atomic E-state index is 12.9. The third-order valence-electron chi connectivity index (χ3n) is 4.74. The van der Waals surface area contributed by atoms with Crippen LogP contribution in [0.3, 0.4) is 0 Å². The number of carbonyl (C=O) groups excluding carboxylic acids is 1. The number of hydrogen-bond donors (Lipinski definition) is 2. The van der Waals surface area contributed by atoms with Crippen molar-refractivity contribution in [2.24, 2.45) is 0 Å². The molecule has 1 saturated heterocycles. The number of thioether (sulfide) groups is 1. The number of hydrogen-bond acceptors (Lipinski definition) is 6. The second-order valence-corrected chi connectivity index (χ2v) is 9.75. The Morgan fingerprint density at radius 1 is 1.20 bits per heavy atom. The molecular formula is C20H22N2O6S2. The van der Waals surface area contributed by atoms with Gasteiger partial charge in [0.05, 0.1) is 12.0 Å². The van der Waals surface area contributed by atoms with Crippen LogP contribution < -0.4 is 10.1 Å². The minimum atomic E-state index is -3.95. The van der Waals surface area contributed by atoms with Gasteiger partial charge in [-0.1, -0.05) is 0 Å². The lowest BCUT2D eigenvalue weighted by atomic mass is 10.1. The fourth-order valence-corrected chi connectivity index (χ4v) is 5.97. The molecule has 1 aliphatic rings. The van der Waals surface area contributed by atoms with Crippen LogP contribution >= 0.6 is 11.8 Å². The van der Waals surface area contributed by atoms with Crippen LogP contribution in [0.2, 0.25) is 0 Å². The summed E-state index contributed by atoms with van der Waals surface area (Å²) in [4.78, 5) is 23.9. The molecule has 0 aliphatic carbocycles. The van der Waals surface area contributed by atoms with Gasteiger partial charge >= 0.3 is 5.97 Å². The van der Waals surface area contributed by atoms with Gasteiger partial charge in [-0.05, 0) is 55.0 Å². The molecule has 0 radical (unpaired) electrons. The fourth-order valence-electron chi connectivity index (χ4n) is 3.14. The Morgan fingerprint density at radius 2 is 1.90 bits per heavy atom. The van der Waals surface area contributed by atoms with Gasteiger partial charge in [-0.3, -0.25) is 9.59 Å². The van der Waals surface area contributed by atoms with E-state index in [9.17, 15) is 23.1 Å². The molecule has 3 rings (SSSR count). The van der Waals surface area contributed by atoms with E-state index in [0.717, 1.165) is 9.87 Å². The number of rotatable bonds is 6. The molecule has 1 heterocycles. The van der Waals surface area contributed by atoms with E-state index in [0.29, 0.717) is 22.8 Å². The standard InChI is InChI=1S/C20H22N2O6S2/c1-13-11-14(3-8-18(13)28-2)19(23)21-15-4-6-16(7-5-15)30(26,27)22-9-10-29-12-17(22)20(24)25/h3-8,11,17H,9-10,12H2,1-2H3,(H,21,23)(H,24,25). The number of sulfonamides is 1. The number of amides is 1. The summed E-state index contributed by atoms with van der Waals surface area (Å²) in [5.41, 5.74) is 1.69. The Morgan fingerprint density at radius 3 is 2.50 bits per heavy atom. The third-order valence-corrected chi connectivity index (χ3v) is 7.69. The molecule has 2 N–H and O–H groups in total. The molecule has 10 heteroatoms. The first-order chi connectivity index (χ1) is 14.2. The van der Waals surface area contributed by atoms with Crippen molar-refractivity contribution >= 4 is 39.3 Å². The van der Waals surface area contributed by atoms with E-state index in [1.807, 2.05) is 6.92 Å². The number of benzene rings is 2. The Bertz CT molecular complexity index is 1050. The number of carboxylic acid groups (broad SMARTS) is 1. The normalized spacial score (nSPS) is 17.3. The molecule has 30 heavy (non-hydrogen) atoms. The number of nitrogens with zero attached hydrogens (tertiary/aromatic N) is 1. The zero-order valence-corrected chi connectivity index (χ0v) is 18.1. The summed E-state index contributed by atoms with van der Waals surface area (Å²) in [7, 11) is -2.40. The van der Waals surface area contributed by atoms with Crippen LogP contribution in [0.1, 0.15) is 15.9 Å². The van der Waals surface area contributed by atoms with Crippen LogP contribution in [0.15, 0.2) is 47.4 Å². The van der Waals surface area contributed by atoms with E-state index < -0.39 is 22.0 Å². The number of methoxy groups -OCH3 is 1. The number of ether oxygens (including phenoxy) is 1. The average Bonchev–Trinajstić information content (AvgIpc) is 2.74. The fraction of sp³-hybridized carbons (Fsp3) is 0.300. The molecule has 2 aromatic carbocycles. The maximum Gasteiger partial charge on any atom is 0.322 e. The average molecular weight is 451 g/mol. The summed E-state index contributed by atoms with van der Waals surface area (Å²) in [6.07, 6.45) is 0. The van der Waals surface area contributed by atoms with Gasteiger partial charge in [0.25, 0.3) is 5.91 Å². The van der Waals surface area contributed by atoms with Crippen LogP contribution in [0.25, 0.3) is 0 Å². The Hall–Kier alpha value is -2.56. The molecule has 0 saturated carbocycles. The van der Waals surface area contributed by atoms with Crippen LogP contribution in [-0.4, -0.2) is 60.9 Å². The quantitative estimate of drug-likeness (QED) is 0.695. The molecule has 1 amide bonds. The van der Waals surface area contributed by atoms with Crippen molar-refractivity contribution in [1.29, 1.82) is 0 Å². The van der Waals surface area contributed by atoms with E-state index in [-0.39, 0.29) is 23.1 Å². The molecule has 1 aliphatic heterocycles. The smallest absolute Gasteiger partial charge is 0.322 e. The van der Waals surface area contributed by atoms with Crippen molar-refractivity contribution in [2.75, 3.05) is 30.5 Å². The highest BCUT2D eigenvalue weighted by Crippen LogP contribution is 2.26. The van der Waals surface area contributed by atoms with Crippen LogP contribution in [0, 0.1) is 6.92 Å². The SMILES string of the molecule is COc1ccc(C(=O)Nc2ccc(S(=O)(=O)N3CCSCC3C(=O)O)cc2)cc1C. The van der Waals surface area contributed by atoms with Crippen molar-refractivity contribution in [1.82, 2.24) is 4.31 Å². The molecule has 1 fully saturated rings. The van der Waals surface area contributed by atoms with Gasteiger partial charge < -0.3 is 15.2 Å². The summed E-state index contributed by atoms with van der Waals surface area (Å²) in [5, 5.41) is 12.1. The molecule has 0 aromatic heterocycles. The largest absolute Gasteiger partial charge is 0.496 e. The van der Waals surface area contributed by atoms with E-state index in [1.54, 1.807) is 25.3 Å². The predicted octanol–water partition coefficient (Wildman–Crippen LogP) is 2.45. The van der Waals surface area contributed by atoms with Crippen molar-refractivity contribution in [3.8, 4) is 5.75 Å². The lowest BCUT2D eigenvalue weighted by molar-refractivity contribution is -0.140. The highest BCUT2D eigenvalue weighted by molar-refractivity contribution is 7.99. The van der Waals surface area contributed by atoms with Gasteiger partial charge in [0.2, 0.25) is 10.0 Å². The first-order valence-electron chi connectivity index (χ1n) is 9.12. The van der Waals surface area contributed by atoms with Crippen molar-refractivity contribution < 1.29 is 27.9 Å². The van der Waals surface area contributed by atoms with E-state index in [1.165, 1.54) is 36.0 Å². The van der Waals surface area contributed by atoms with Gasteiger partial charge in [-0.15, -0.1) is 0 Å². The first-order valence-corrected chi connectivity index (χ1v) is 11.7. The second kappa shape index (κ2) is 9.07. The highest BCUT2D eigenvalue weighted by atomic mass is 32.2. The molecule has 2 aromatic rings. The minimum Gasteiger partial charge on any atom is -0.496 e. The number of carbonyl (C=O) groups is 2. The highest BCUT2D eigenvalue weighted by Gasteiger charge is 2.37. The van der Waals surface area contributed by atoms with E-state index in [2.05, 4.69) is 5.32 Å². The molecular weight excluding hydrogens is 428 g/mol. The van der Waals surface area contributed by atoms with Crippen molar-refractivity contribution in [3.63, 3.8) is 0 Å². The molecule has 0 bridgehead atoms. The number of anilines is 1. The Balaban J connectivity index is 1.76. The number of aryl methyl sites for hydroxylation is 1. The predicted molar refractivity (Wildman–Crippen MR) is 115 cm³/mol. The van der Waals surface area contributed by atoms with Gasteiger partial charge in [0.1, 0.15) is 11.8 Å². The third kappa shape index (κ3) is 4.61. The Labute approximate surface area is 179 Å². The summed E-state index contributed by atoms with van der Waals surface area (Å²) in [6.45, 7) is 1.97. The topological polar surface area (TPSA) is 113 Å². The lowest BCUT2D eigenvalue weighted by Gasteiger charge is -2.31. The van der Waals surface area contributed by atoms with Crippen molar-refractivity contribution in [2.45, 2.75) is 17.9 Å². The molecule has 8 nitrogen and oxygen atoms in total. The molecule has 1 unspecified atom stereocenters. The summed E-state index contributed by atoms with van der Waals surface area (Å²) < 4.78 is 32.0. The lowest BCUT2D eigenvalue weighted by Crippen LogP contribution is -2.50. The zero-order valence-electron chi connectivity index (χ0n) is 16.5. The molecule has 0 spiro atoms. The monoisotopic (exact) mass is 450 g/mol. The number of carboxylic acids is 1. The second-order valence-electron chi connectivity index (χ2n) is 6.71. The van der Waals surface area contributed by atoms with E-state index >= 15 is 0 Å². The van der Waals surface area contributed by atoms with Crippen LogP contribution in [0.5, 0.6) is 5.75 Å². The van der Waals surface area contributed by atoms with Crippen LogP contribution in [0.4, 0.5) is 5.69 Å². The molecule has 160 valence electrons. The summed E-state index contributed by atoms with van der Waals surface area (Å²) >= 11 is 1.41. The van der Waals surface area contributed by atoms with Gasteiger partial charge in [-0.25, -0.2) is 8.42 Å². The summed E-state index contributed by atoms with van der Waals surface area (Å²) in [6, 6.07) is 9.65. The van der Waals surface area contributed by atoms with Crippen LogP contribution in [-0.2, 0) is 14.8 Å². The first kappa shape index (κ1) is 22.1. The van der Waals surface area contributed by atoms with Gasteiger partial charge in [-0.2, -0.15) is 16.1 Å². The van der Waals surface area contributed by atoms with Crippen molar-refractivity contribution in [3.05, 3.63) is 53.6 Å². The van der Waals surface area contributed by atoms with Gasteiger partial charge in [0.15, 0.2) is 0 Å². The zero-order chi connectivity index (χ0) is 21.9. The summed E-state index contributed by atoms with van der Waals surface area (Å²) in [5.74, 6) is -0.0701.